The van der Waals surface area contributed by atoms with Gasteiger partial charge in [-0.1, -0.05) is 11.8 Å². The number of benzene rings is 1. The first-order valence-corrected chi connectivity index (χ1v) is 6.72. The van der Waals surface area contributed by atoms with Crippen LogP contribution in [0.15, 0.2) is 28.0 Å². The van der Waals surface area contributed by atoms with Crippen molar-refractivity contribution in [2.45, 2.75) is 22.1 Å². The molecule has 1 aliphatic heterocycles. The lowest BCUT2D eigenvalue weighted by atomic mass is 10.3. The lowest BCUT2D eigenvalue weighted by molar-refractivity contribution is 0.483. The number of thioether (sulfide) groups is 1. The third-order valence-corrected chi connectivity index (χ3v) is 4.54. The van der Waals surface area contributed by atoms with E-state index in [4.69, 9.17) is 4.55 Å². The first kappa shape index (κ1) is 10.8. The fraction of sp³-hybridized carbons (Fsp3) is 0.333. The molecule has 2 rings (SSSR count). The molecule has 15 heavy (non-hydrogen) atoms. The van der Waals surface area contributed by atoms with E-state index in [1.165, 1.54) is 12.1 Å². The zero-order chi connectivity index (χ0) is 11.2. The molecule has 1 aromatic carbocycles. The predicted octanol–water partition coefficient (Wildman–Crippen LogP) is 1.82. The Kier molecular flexibility index (Phi) is 2.44. The van der Waals surface area contributed by atoms with Crippen LogP contribution in [0.4, 0.5) is 5.69 Å². The second-order valence-electron chi connectivity index (χ2n) is 3.43. The van der Waals surface area contributed by atoms with Crippen LogP contribution >= 0.6 is 11.8 Å². The Morgan fingerprint density at radius 2 is 2.13 bits per heavy atom. The highest BCUT2D eigenvalue weighted by Gasteiger charge is 2.25. The topological polar surface area (TPSA) is 57.6 Å². The second-order valence-corrected chi connectivity index (χ2v) is 6.21. The molecule has 4 nitrogen and oxygen atoms in total. The van der Waals surface area contributed by atoms with Gasteiger partial charge in [-0.15, -0.1) is 0 Å². The number of hydrogen-bond acceptors (Lipinski definition) is 4. The first-order chi connectivity index (χ1) is 6.89. The number of hydrogen-bond donors (Lipinski definition) is 1. The van der Waals surface area contributed by atoms with Crippen molar-refractivity contribution in [1.82, 2.24) is 0 Å². The minimum absolute atomic E-state index is 0.0451. The maximum atomic E-state index is 10.9. The molecule has 0 saturated heterocycles. The fourth-order valence-corrected chi connectivity index (χ4v) is 3.25. The van der Waals surface area contributed by atoms with Crippen LogP contribution in [-0.4, -0.2) is 25.4 Å². The lowest BCUT2D eigenvalue weighted by Gasteiger charge is -2.16. The van der Waals surface area contributed by atoms with E-state index in [9.17, 15) is 8.42 Å². The van der Waals surface area contributed by atoms with Crippen molar-refractivity contribution in [3.63, 3.8) is 0 Å². The molecular weight excluding hydrogens is 234 g/mol. The monoisotopic (exact) mass is 245 g/mol. The van der Waals surface area contributed by atoms with E-state index in [-0.39, 0.29) is 10.3 Å². The van der Waals surface area contributed by atoms with E-state index in [1.54, 1.807) is 17.8 Å². The third-order valence-electron chi connectivity index (χ3n) is 2.45. The molecule has 1 atom stereocenters. The smallest absolute Gasteiger partial charge is 0.294 e. The molecule has 0 aliphatic carbocycles. The van der Waals surface area contributed by atoms with Crippen molar-refractivity contribution in [3.8, 4) is 0 Å². The van der Waals surface area contributed by atoms with Gasteiger partial charge in [-0.25, -0.2) is 0 Å². The fourth-order valence-electron chi connectivity index (χ4n) is 1.50. The zero-order valence-electron chi connectivity index (χ0n) is 8.34. The average molecular weight is 245 g/mol. The molecule has 1 aromatic rings. The summed E-state index contributed by atoms with van der Waals surface area (Å²) >= 11 is 1.58. The largest absolute Gasteiger partial charge is 0.362 e. The third kappa shape index (κ3) is 1.84. The van der Waals surface area contributed by atoms with Crippen LogP contribution in [0.5, 0.6) is 0 Å². The van der Waals surface area contributed by atoms with E-state index >= 15 is 0 Å². The van der Waals surface area contributed by atoms with Gasteiger partial charge in [-0.05, 0) is 25.1 Å². The van der Waals surface area contributed by atoms with Crippen LogP contribution in [0.2, 0.25) is 0 Å². The number of nitrogens with zero attached hydrogens (tertiary/aromatic N) is 1. The summed E-state index contributed by atoms with van der Waals surface area (Å²) in [5, 5.41) is 0.289. The molecule has 0 saturated carbocycles. The Morgan fingerprint density at radius 1 is 1.47 bits per heavy atom. The van der Waals surface area contributed by atoms with Crippen molar-refractivity contribution in [2.24, 2.45) is 0 Å². The molecule has 0 aromatic heterocycles. The molecule has 82 valence electrons. The predicted molar refractivity (Wildman–Crippen MR) is 60.0 cm³/mol. The van der Waals surface area contributed by atoms with Crippen LogP contribution in [-0.2, 0) is 10.1 Å². The number of fused-ring (bicyclic) bond motifs is 1. The summed E-state index contributed by atoms with van der Waals surface area (Å²) in [5.41, 5.74) is 1.000. The molecular formula is C9H11NO3S2. The van der Waals surface area contributed by atoms with E-state index in [0.717, 1.165) is 10.6 Å². The van der Waals surface area contributed by atoms with Gasteiger partial charge in [0.25, 0.3) is 10.1 Å². The van der Waals surface area contributed by atoms with E-state index < -0.39 is 10.1 Å². The molecule has 0 fully saturated rings. The SMILES string of the molecule is CC1Sc2cc(S(=O)(=O)O)ccc2N1C. The summed E-state index contributed by atoms with van der Waals surface area (Å²) < 4.78 is 30.8. The van der Waals surface area contributed by atoms with Crippen LogP contribution < -0.4 is 4.90 Å². The molecule has 6 heteroatoms. The molecule has 1 aliphatic rings. The Labute approximate surface area is 93.0 Å². The lowest BCUT2D eigenvalue weighted by Crippen LogP contribution is -2.20. The summed E-state index contributed by atoms with van der Waals surface area (Å²) in [7, 11) is -2.14. The molecule has 1 N–H and O–H groups in total. The molecule has 0 radical (unpaired) electrons. The maximum absolute atomic E-state index is 10.9. The van der Waals surface area contributed by atoms with Gasteiger partial charge < -0.3 is 4.90 Å². The summed E-state index contributed by atoms with van der Waals surface area (Å²) in [6.07, 6.45) is 0. The number of rotatable bonds is 1. The highest BCUT2D eigenvalue weighted by atomic mass is 32.2. The second kappa shape index (κ2) is 3.40. The highest BCUT2D eigenvalue weighted by Crippen LogP contribution is 2.42. The van der Waals surface area contributed by atoms with Crippen molar-refractivity contribution in [1.29, 1.82) is 0 Å². The summed E-state index contributed by atoms with van der Waals surface area (Å²) in [5.74, 6) is 0. The average Bonchev–Trinajstić information content (AvgIpc) is 2.41. The minimum Gasteiger partial charge on any atom is -0.362 e. The Morgan fingerprint density at radius 3 is 2.73 bits per heavy atom. The molecule has 0 bridgehead atoms. The van der Waals surface area contributed by atoms with Gasteiger partial charge in [0, 0.05) is 11.9 Å². The Hall–Kier alpha value is -0.720. The molecule has 0 amide bonds. The quantitative estimate of drug-likeness (QED) is 0.765. The number of anilines is 1. The van der Waals surface area contributed by atoms with Crippen molar-refractivity contribution in [3.05, 3.63) is 18.2 Å². The van der Waals surface area contributed by atoms with Gasteiger partial charge >= 0.3 is 0 Å². The minimum atomic E-state index is -4.09. The van der Waals surface area contributed by atoms with Crippen LogP contribution in [0.3, 0.4) is 0 Å². The van der Waals surface area contributed by atoms with Crippen LogP contribution in [0, 0.1) is 0 Å². The normalized spacial score (nSPS) is 20.5. The van der Waals surface area contributed by atoms with Crippen molar-refractivity contribution >= 4 is 27.6 Å². The Bertz CT molecular complexity index is 498. The van der Waals surface area contributed by atoms with Gasteiger partial charge in [0.15, 0.2) is 0 Å². The van der Waals surface area contributed by atoms with Gasteiger partial charge in [-0.3, -0.25) is 4.55 Å². The standard InChI is InChI=1S/C9H11NO3S2/c1-6-10(2)8-4-3-7(15(11,12)13)5-9(8)14-6/h3-6H,1-2H3,(H,11,12,13). The highest BCUT2D eigenvalue weighted by molar-refractivity contribution is 8.00. The summed E-state index contributed by atoms with van der Waals surface area (Å²) in [6, 6.07) is 4.65. The maximum Gasteiger partial charge on any atom is 0.294 e. The van der Waals surface area contributed by atoms with Crippen molar-refractivity contribution < 1.29 is 13.0 Å². The van der Waals surface area contributed by atoms with Crippen molar-refractivity contribution in [2.75, 3.05) is 11.9 Å². The first-order valence-electron chi connectivity index (χ1n) is 4.40. The van der Waals surface area contributed by atoms with E-state index in [2.05, 4.69) is 4.90 Å². The van der Waals surface area contributed by atoms with E-state index in [1.807, 2.05) is 14.0 Å². The summed E-state index contributed by atoms with van der Waals surface area (Å²) in [4.78, 5) is 2.91. The molecule has 1 heterocycles. The van der Waals surface area contributed by atoms with Gasteiger partial charge in [0.2, 0.25) is 0 Å². The van der Waals surface area contributed by atoms with Gasteiger partial charge in [0.05, 0.1) is 16.0 Å². The molecule has 0 spiro atoms. The van der Waals surface area contributed by atoms with Gasteiger partial charge in [-0.2, -0.15) is 8.42 Å². The zero-order valence-corrected chi connectivity index (χ0v) is 9.97. The summed E-state index contributed by atoms with van der Waals surface area (Å²) in [6.45, 7) is 2.04. The van der Waals surface area contributed by atoms with Crippen LogP contribution in [0.25, 0.3) is 0 Å². The molecule has 1 unspecified atom stereocenters. The van der Waals surface area contributed by atoms with Gasteiger partial charge in [0.1, 0.15) is 0 Å². The Balaban J connectivity index is 2.51. The van der Waals surface area contributed by atoms with E-state index in [0.29, 0.717) is 0 Å². The van der Waals surface area contributed by atoms with Crippen LogP contribution in [0.1, 0.15) is 6.92 Å².